The van der Waals surface area contributed by atoms with Crippen LogP contribution in [0.1, 0.15) is 75.8 Å². The molecule has 0 N–H and O–H groups in total. The molecule has 0 saturated carbocycles. The molecule has 2 aromatic heterocycles. The maximum atomic E-state index is 12.0. The van der Waals surface area contributed by atoms with Crippen molar-refractivity contribution in [2.45, 2.75) is 85.5 Å². The Morgan fingerprint density at radius 1 is 0.805 bits per heavy atom. The van der Waals surface area contributed by atoms with Gasteiger partial charge in [-0.25, -0.2) is 0 Å². The van der Waals surface area contributed by atoms with Crippen molar-refractivity contribution in [3.8, 4) is 0 Å². The van der Waals surface area contributed by atoms with Gasteiger partial charge in [-0.05, 0) is 63.9 Å². The average molecular weight is 557 g/mol. The van der Waals surface area contributed by atoms with Crippen molar-refractivity contribution in [2.75, 3.05) is 13.1 Å². The normalized spacial score (nSPS) is 15.1. The molecule has 218 valence electrons. The fourth-order valence-electron chi connectivity index (χ4n) is 5.27. The van der Waals surface area contributed by atoms with Gasteiger partial charge in [0.2, 0.25) is 0 Å². The van der Waals surface area contributed by atoms with Crippen LogP contribution in [0.4, 0.5) is 0 Å². The van der Waals surface area contributed by atoms with Gasteiger partial charge in [-0.3, -0.25) is 14.5 Å². The Kier molecular flexibility index (Phi) is 9.49. The highest BCUT2D eigenvalue weighted by molar-refractivity contribution is 5.96. The van der Waals surface area contributed by atoms with Crippen molar-refractivity contribution in [1.82, 2.24) is 19.5 Å². The molecular weight excluding hydrogens is 512 g/mol. The van der Waals surface area contributed by atoms with Crippen molar-refractivity contribution in [1.29, 1.82) is 0 Å². The van der Waals surface area contributed by atoms with Gasteiger partial charge in [0.15, 0.2) is 5.58 Å². The van der Waals surface area contributed by atoms with Crippen LogP contribution < -0.4 is 5.56 Å². The monoisotopic (exact) mass is 556 g/mol. The van der Waals surface area contributed by atoms with Gasteiger partial charge in [0, 0.05) is 66.4 Å². The number of amides is 1. The maximum absolute atomic E-state index is 12.0. The van der Waals surface area contributed by atoms with Gasteiger partial charge in [-0.1, -0.05) is 62.3 Å². The quantitative estimate of drug-likeness (QED) is 0.290. The Hall–Kier alpha value is -3.71. The minimum atomic E-state index is 0.0482. The lowest BCUT2D eigenvalue weighted by Crippen LogP contribution is -2.41. The number of para-hydroxylation sites is 1. The Labute approximate surface area is 243 Å². The maximum Gasteiger partial charge on any atom is 0.254 e. The lowest BCUT2D eigenvalue weighted by atomic mass is 9.90. The highest BCUT2D eigenvalue weighted by Crippen LogP contribution is 2.28. The Bertz CT molecular complexity index is 1530. The topological polar surface area (TPSA) is 71.6 Å². The summed E-state index contributed by atoms with van der Waals surface area (Å²) in [5.74, 6) is 0.182. The van der Waals surface area contributed by atoms with E-state index in [0.29, 0.717) is 12.1 Å². The summed E-state index contributed by atoms with van der Waals surface area (Å²) >= 11 is 0. The molecule has 2 aliphatic rings. The van der Waals surface area contributed by atoms with E-state index >= 15 is 0 Å². The average Bonchev–Trinajstić information content (AvgIpc) is 3.39. The molecule has 41 heavy (non-hydrogen) atoms. The number of nitrogens with zero attached hydrogens (tertiary/aromatic N) is 4. The van der Waals surface area contributed by atoms with Crippen molar-refractivity contribution in [3.63, 3.8) is 0 Å². The van der Waals surface area contributed by atoms with Crippen molar-refractivity contribution >= 4 is 16.9 Å². The highest BCUT2D eigenvalue weighted by atomic mass is 16.5. The molecule has 7 heteroatoms. The molecule has 6 rings (SSSR count). The van der Waals surface area contributed by atoms with Gasteiger partial charge in [0.1, 0.15) is 0 Å². The number of benzene rings is 2. The van der Waals surface area contributed by atoms with Crippen LogP contribution in [0.5, 0.6) is 0 Å². The zero-order valence-electron chi connectivity index (χ0n) is 25.6. The molecule has 1 amide bonds. The first kappa shape index (κ1) is 30.3. The standard InChI is InChI=1S/C12H15NO.C11H16N2O.C11H13NO/c1-9(2)13-8-7-10-5-3-4-6-11(10)12(13)14;1-9(2)12-6-7-13-10(8-12)4-3-5-11(13)14;1-11(2,3)10-8-6-4-5-7-9(8)13-12-10/h3-6,9H,7-8H2,1-2H3;3-5,9H,6-8H2,1-2H3;4-7H,1-3H3. The van der Waals surface area contributed by atoms with Crippen LogP contribution in [0.25, 0.3) is 11.0 Å². The molecular formula is C34H44N4O3. The van der Waals surface area contributed by atoms with Gasteiger partial charge in [0.25, 0.3) is 11.5 Å². The number of fused-ring (bicyclic) bond motifs is 3. The molecule has 4 heterocycles. The third-order valence-corrected chi connectivity index (χ3v) is 7.69. The predicted molar refractivity (Wildman–Crippen MR) is 165 cm³/mol. The van der Waals surface area contributed by atoms with E-state index < -0.39 is 0 Å². The van der Waals surface area contributed by atoms with Crippen LogP contribution in [0, 0.1) is 0 Å². The van der Waals surface area contributed by atoms with Crippen LogP contribution in [0.15, 0.2) is 76.0 Å². The van der Waals surface area contributed by atoms with Crippen LogP contribution >= 0.6 is 0 Å². The van der Waals surface area contributed by atoms with E-state index in [-0.39, 0.29) is 16.9 Å². The third-order valence-electron chi connectivity index (χ3n) is 7.69. The minimum absolute atomic E-state index is 0.0482. The fourth-order valence-corrected chi connectivity index (χ4v) is 5.27. The number of hydrogen-bond donors (Lipinski definition) is 0. The summed E-state index contributed by atoms with van der Waals surface area (Å²) in [5, 5.41) is 5.21. The van der Waals surface area contributed by atoms with E-state index in [0.717, 1.165) is 60.5 Å². The molecule has 0 saturated heterocycles. The second-order valence-electron chi connectivity index (χ2n) is 12.3. The van der Waals surface area contributed by atoms with Crippen LogP contribution in [0.2, 0.25) is 0 Å². The van der Waals surface area contributed by atoms with E-state index in [1.54, 1.807) is 6.07 Å². The summed E-state index contributed by atoms with van der Waals surface area (Å²) in [7, 11) is 0. The SMILES string of the molecule is CC(C)(C)c1noc2ccccc12.CC(C)N1CCc2ccccc2C1=O.CC(C)N1CCn2c(cccc2=O)C1. The Morgan fingerprint density at radius 3 is 2.22 bits per heavy atom. The van der Waals surface area contributed by atoms with Crippen LogP contribution in [-0.4, -0.2) is 50.6 Å². The number of carbonyl (C=O) groups is 1. The van der Waals surface area contributed by atoms with Crippen molar-refractivity contribution in [3.05, 3.63) is 99.6 Å². The van der Waals surface area contributed by atoms with E-state index in [1.807, 2.05) is 70.1 Å². The second-order valence-corrected chi connectivity index (χ2v) is 12.3. The lowest BCUT2D eigenvalue weighted by Gasteiger charge is -2.32. The smallest absolute Gasteiger partial charge is 0.254 e. The second kappa shape index (κ2) is 12.9. The molecule has 2 aliphatic heterocycles. The minimum Gasteiger partial charge on any atom is -0.356 e. The molecule has 0 aliphatic carbocycles. The molecule has 0 unspecified atom stereocenters. The summed E-state index contributed by atoms with van der Waals surface area (Å²) in [6.07, 6.45) is 0.986. The van der Waals surface area contributed by atoms with Crippen molar-refractivity contribution < 1.29 is 9.32 Å². The molecule has 4 aromatic rings. The van der Waals surface area contributed by atoms with Crippen molar-refractivity contribution in [2.24, 2.45) is 0 Å². The van der Waals surface area contributed by atoms with Gasteiger partial charge in [0.05, 0.1) is 5.69 Å². The number of pyridine rings is 1. The lowest BCUT2D eigenvalue weighted by molar-refractivity contribution is 0.0688. The largest absolute Gasteiger partial charge is 0.356 e. The molecule has 2 aromatic carbocycles. The number of carbonyl (C=O) groups excluding carboxylic acids is 1. The van der Waals surface area contributed by atoms with E-state index in [2.05, 4.69) is 58.5 Å². The van der Waals surface area contributed by atoms with E-state index in [1.165, 1.54) is 5.56 Å². The van der Waals surface area contributed by atoms with Crippen LogP contribution in [0.3, 0.4) is 0 Å². The summed E-state index contributed by atoms with van der Waals surface area (Å²) in [4.78, 5) is 27.8. The molecule has 0 atom stereocenters. The third kappa shape index (κ3) is 7.14. The summed E-state index contributed by atoms with van der Waals surface area (Å²) in [5.41, 5.74) is 5.29. The van der Waals surface area contributed by atoms with Gasteiger partial charge in [-0.2, -0.15) is 0 Å². The molecule has 0 fully saturated rings. The Balaban J connectivity index is 0.000000142. The zero-order valence-corrected chi connectivity index (χ0v) is 25.6. The highest BCUT2D eigenvalue weighted by Gasteiger charge is 2.25. The van der Waals surface area contributed by atoms with Gasteiger partial charge in [-0.15, -0.1) is 0 Å². The molecule has 0 radical (unpaired) electrons. The molecule has 7 nitrogen and oxygen atoms in total. The zero-order chi connectivity index (χ0) is 29.7. The molecule has 0 bridgehead atoms. The van der Waals surface area contributed by atoms with E-state index in [9.17, 15) is 9.59 Å². The number of hydrogen-bond acceptors (Lipinski definition) is 5. The van der Waals surface area contributed by atoms with Gasteiger partial charge >= 0.3 is 0 Å². The summed E-state index contributed by atoms with van der Waals surface area (Å²) < 4.78 is 7.10. The summed E-state index contributed by atoms with van der Waals surface area (Å²) in [6, 6.07) is 22.2. The fraction of sp³-hybridized carbons (Fsp3) is 0.441. The summed E-state index contributed by atoms with van der Waals surface area (Å²) in [6.45, 7) is 18.5. The predicted octanol–water partition coefficient (Wildman–Crippen LogP) is 6.29. The Morgan fingerprint density at radius 2 is 1.51 bits per heavy atom. The first-order valence-corrected chi connectivity index (χ1v) is 14.6. The molecule has 0 spiro atoms. The van der Waals surface area contributed by atoms with Gasteiger partial charge < -0.3 is 14.0 Å². The van der Waals surface area contributed by atoms with Crippen LogP contribution in [-0.2, 0) is 24.9 Å². The first-order chi connectivity index (χ1) is 19.5. The number of rotatable bonds is 2. The first-order valence-electron chi connectivity index (χ1n) is 14.6. The number of aromatic nitrogens is 2. The van der Waals surface area contributed by atoms with E-state index in [4.69, 9.17) is 4.52 Å².